The number of nitrogens with one attached hydrogen (secondary N) is 2. The van der Waals surface area contributed by atoms with E-state index in [-0.39, 0.29) is 41.4 Å². The van der Waals surface area contributed by atoms with E-state index in [9.17, 15) is 19.2 Å². The van der Waals surface area contributed by atoms with Crippen molar-refractivity contribution in [1.82, 2.24) is 40.3 Å². The molecule has 0 aromatic rings. The number of rotatable bonds is 4. The fourth-order valence-corrected chi connectivity index (χ4v) is 8.50. The van der Waals surface area contributed by atoms with E-state index in [1.807, 2.05) is 48.6 Å². The summed E-state index contributed by atoms with van der Waals surface area (Å²) in [5.74, 6) is 2.68. The Bertz CT molecular complexity index is 1650. The minimum atomic E-state index is -0.354. The Balaban J connectivity index is 0.000000395. The number of hydrogen-bond donors (Lipinski definition) is 3. The van der Waals surface area contributed by atoms with Gasteiger partial charge in [-0.15, -0.1) is 0 Å². The number of hydrazone groups is 2. The zero-order chi connectivity index (χ0) is 48.9. The fraction of sp³-hybridized carbons (Fsp3) is 0.840. The van der Waals surface area contributed by atoms with Crippen LogP contribution in [-0.2, 0) is 19.2 Å². The Kier molecular flexibility index (Phi) is 24.4. The van der Waals surface area contributed by atoms with Gasteiger partial charge < -0.3 is 36.0 Å². The molecule has 65 heavy (non-hydrogen) atoms. The number of amides is 2. The summed E-state index contributed by atoms with van der Waals surface area (Å²) in [6.45, 7) is 34.8. The molecule has 5 atom stereocenters. The maximum Gasteiger partial charge on any atom is 0.255 e. The number of fused-ring (bicyclic) bond motifs is 2. The van der Waals surface area contributed by atoms with Crippen molar-refractivity contribution in [2.45, 2.75) is 135 Å². The molecule has 4 N–H and O–H groups in total. The zero-order valence-corrected chi connectivity index (χ0v) is 43.8. The molecule has 0 aromatic heterocycles. The number of carbonyl (C=O) groups is 4. The largest absolute Gasteiger partial charge is 0.386 e. The van der Waals surface area contributed by atoms with E-state index >= 15 is 0 Å². The van der Waals surface area contributed by atoms with Gasteiger partial charge in [0.2, 0.25) is 0 Å². The summed E-state index contributed by atoms with van der Waals surface area (Å²) in [6, 6.07) is 0.938. The van der Waals surface area contributed by atoms with Crippen LogP contribution in [0.2, 0.25) is 0 Å². The third kappa shape index (κ3) is 17.8. The normalized spacial score (nSPS) is 27.9. The van der Waals surface area contributed by atoms with Crippen LogP contribution in [0.1, 0.15) is 123 Å². The summed E-state index contributed by atoms with van der Waals surface area (Å²) in [5, 5.41) is 18.3. The molecule has 0 aliphatic carbocycles. The summed E-state index contributed by atoms with van der Waals surface area (Å²) >= 11 is 0. The van der Waals surface area contributed by atoms with E-state index in [4.69, 9.17) is 5.73 Å². The summed E-state index contributed by atoms with van der Waals surface area (Å²) in [5.41, 5.74) is 9.70. The number of piperidine rings is 4. The van der Waals surface area contributed by atoms with Gasteiger partial charge in [-0.2, -0.15) is 10.2 Å². The van der Waals surface area contributed by atoms with Crippen molar-refractivity contribution in [3.63, 3.8) is 0 Å². The molecule has 0 aromatic carbocycles. The van der Waals surface area contributed by atoms with Gasteiger partial charge in [0, 0.05) is 134 Å². The summed E-state index contributed by atoms with van der Waals surface area (Å²) in [7, 11) is 11.8. The lowest BCUT2D eigenvalue weighted by Gasteiger charge is -2.34. The van der Waals surface area contributed by atoms with Crippen LogP contribution in [0.3, 0.4) is 0 Å². The Labute approximate surface area is 396 Å². The van der Waals surface area contributed by atoms with Gasteiger partial charge in [0.1, 0.15) is 22.4 Å². The third-order valence-corrected chi connectivity index (χ3v) is 13.9. The van der Waals surface area contributed by atoms with Crippen LogP contribution in [0.5, 0.6) is 0 Å². The molecular formula is C50H97N11O4. The lowest BCUT2D eigenvalue weighted by Crippen LogP contribution is -2.49. The van der Waals surface area contributed by atoms with Gasteiger partial charge in [-0.25, -0.2) is 10.0 Å². The maximum absolute atomic E-state index is 11.8. The van der Waals surface area contributed by atoms with Gasteiger partial charge in [-0.05, 0) is 86.6 Å². The number of hydrogen-bond acceptors (Lipinski definition) is 13. The maximum atomic E-state index is 11.8. The van der Waals surface area contributed by atoms with Crippen molar-refractivity contribution in [2.24, 2.45) is 49.9 Å². The minimum absolute atomic E-state index is 0. The van der Waals surface area contributed by atoms with Crippen molar-refractivity contribution in [2.75, 3.05) is 108 Å². The molecule has 15 nitrogen and oxygen atoms in total. The highest BCUT2D eigenvalue weighted by molar-refractivity contribution is 6.13. The molecule has 0 saturated carbocycles. The predicted octanol–water partition coefficient (Wildman–Crippen LogP) is 5.27. The average Bonchev–Trinajstić information content (AvgIpc) is 3.58. The molecule has 15 heteroatoms. The smallest absolute Gasteiger partial charge is 0.255 e. The monoisotopic (exact) mass is 916 g/mol. The second kappa shape index (κ2) is 26.5. The van der Waals surface area contributed by atoms with Crippen LogP contribution in [0.25, 0.3) is 0 Å². The van der Waals surface area contributed by atoms with Crippen LogP contribution in [0.15, 0.2) is 21.5 Å². The van der Waals surface area contributed by atoms with Gasteiger partial charge in [-0.1, -0.05) is 55.9 Å². The lowest BCUT2D eigenvalue weighted by atomic mass is 9.80. The number of likely N-dealkylation sites (N-methyl/N-ethyl adjacent to an activating group) is 1. The van der Waals surface area contributed by atoms with E-state index in [1.165, 1.54) is 34.3 Å². The van der Waals surface area contributed by atoms with Crippen LogP contribution >= 0.6 is 0 Å². The molecule has 7 aliphatic heterocycles. The van der Waals surface area contributed by atoms with Crippen molar-refractivity contribution >= 4 is 34.8 Å². The molecule has 4 fully saturated rings. The molecule has 7 heterocycles. The van der Waals surface area contributed by atoms with Crippen LogP contribution < -0.4 is 16.4 Å². The molecule has 0 spiro atoms. The van der Waals surface area contributed by atoms with Gasteiger partial charge in [0.15, 0.2) is 0 Å². The fourth-order valence-electron chi connectivity index (χ4n) is 8.50. The number of carbonyl (C=O) groups excluding carboxylic acids is 4. The highest BCUT2D eigenvalue weighted by atomic mass is 16.2. The quantitative estimate of drug-likeness (QED) is 0.337. The Morgan fingerprint density at radius 2 is 1.17 bits per heavy atom. The molecule has 1 unspecified atom stereocenters. The molecular weight excluding hydrogens is 819 g/mol. The Morgan fingerprint density at radius 3 is 1.63 bits per heavy atom. The van der Waals surface area contributed by atoms with Crippen molar-refractivity contribution in [3.05, 3.63) is 11.3 Å². The van der Waals surface area contributed by atoms with Crippen LogP contribution in [0.4, 0.5) is 0 Å². The topological polar surface area (TPSA) is 163 Å². The SMILES string of the molecule is C.CC(C)[C@H](C)N.CC1=C(N[C@@H](C)C(C)C)CCN(C)C1.CC1CN(C)CCC1=O.CN1CCC(=O)C(C)(C)C1.CN1CCC2=NN(C)C(=O)[C@@]2(C)C1.CN1N=C2CCNC[C@]2(C)C1=O. The van der Waals surface area contributed by atoms with Crippen LogP contribution in [-0.4, -0.2) is 184 Å². The van der Waals surface area contributed by atoms with E-state index < -0.39 is 0 Å². The summed E-state index contributed by atoms with van der Waals surface area (Å²) < 4.78 is 0. The first-order chi connectivity index (χ1) is 29.5. The van der Waals surface area contributed by atoms with Gasteiger partial charge >= 0.3 is 0 Å². The Morgan fingerprint density at radius 1 is 0.677 bits per heavy atom. The van der Waals surface area contributed by atoms with Gasteiger partial charge in [-0.3, -0.25) is 19.2 Å². The van der Waals surface area contributed by atoms with E-state index in [0.29, 0.717) is 35.5 Å². The average molecular weight is 916 g/mol. The highest BCUT2D eigenvalue weighted by Gasteiger charge is 2.48. The van der Waals surface area contributed by atoms with Crippen molar-refractivity contribution in [3.8, 4) is 0 Å². The van der Waals surface area contributed by atoms with E-state index in [0.717, 1.165) is 96.0 Å². The first kappa shape index (κ1) is 59.9. The molecule has 376 valence electrons. The molecule has 0 bridgehead atoms. The summed E-state index contributed by atoms with van der Waals surface area (Å²) in [4.78, 5) is 54.5. The van der Waals surface area contributed by atoms with Crippen LogP contribution in [0, 0.1) is 34.0 Å². The lowest BCUT2D eigenvalue weighted by molar-refractivity contribution is -0.135. The Hall–Kier alpha value is -3.08. The molecule has 4 saturated heterocycles. The molecule has 2 amide bonds. The number of Topliss-reactive ketones (excluding diaryl/α,β-unsaturated/α-hetero) is 2. The second-order valence-corrected chi connectivity index (χ2v) is 21.5. The van der Waals surface area contributed by atoms with Crippen molar-refractivity contribution in [1.29, 1.82) is 0 Å². The third-order valence-electron chi connectivity index (χ3n) is 13.9. The predicted molar refractivity (Wildman–Crippen MR) is 271 cm³/mol. The zero-order valence-electron chi connectivity index (χ0n) is 43.8. The highest BCUT2D eigenvalue weighted by Crippen LogP contribution is 2.34. The van der Waals surface area contributed by atoms with E-state index in [2.05, 4.69) is 103 Å². The molecule has 7 rings (SSSR count). The standard InChI is InChI=1S/C12H24N2.C9H15N3O.C8H13N3O.C8H15NO.C7H13NO.C5H13N.CH4/c1-9(2)11(4)13-12-6-7-14(5)8-10(12)3;1-9-6-11(2)5-4-7(9)10-12(3)8(9)13;1-8-5-9-4-3-6(8)10-11(2)7(8)12;1-8(2)6-9(3)5-4-7(8)10;1-6-5-8(2)4-3-7(6)9;1-4(2)5(3)6;/h9,11,13H,6-8H2,1-5H3;4-6H2,1-3H3;9H,3-5H2,1-2H3;4-6H2,1-3H3;6H,3-5H2,1-2H3;4-5H,6H2,1-3H3;1H4/t11-;9-;8-;;;5-;/m000..0./s1. The second-order valence-electron chi connectivity index (χ2n) is 21.5. The van der Waals surface area contributed by atoms with Gasteiger partial charge in [0.05, 0.1) is 11.4 Å². The number of likely N-dealkylation sites (tertiary alicyclic amines) is 3. The molecule has 7 aliphatic rings. The van der Waals surface area contributed by atoms with Gasteiger partial charge in [0.25, 0.3) is 11.8 Å². The number of nitrogens with zero attached hydrogens (tertiary/aromatic N) is 8. The number of nitrogens with two attached hydrogens (primary N) is 1. The first-order valence-electron chi connectivity index (χ1n) is 24.0. The first-order valence-corrected chi connectivity index (χ1v) is 24.0. The summed E-state index contributed by atoms with van der Waals surface area (Å²) in [6.07, 6.45) is 4.47. The molecule has 0 radical (unpaired) electrons. The number of ketones is 2. The minimum Gasteiger partial charge on any atom is -0.386 e. The van der Waals surface area contributed by atoms with Crippen molar-refractivity contribution < 1.29 is 19.2 Å². The van der Waals surface area contributed by atoms with E-state index in [1.54, 1.807) is 14.1 Å².